The monoisotopic (exact) mass is 208 g/mol. The number of oxazole rings is 1. The lowest BCUT2D eigenvalue weighted by Gasteiger charge is -2.11. The van der Waals surface area contributed by atoms with E-state index in [1.807, 2.05) is 0 Å². The summed E-state index contributed by atoms with van der Waals surface area (Å²) in [5.41, 5.74) is 1.32. The number of carboxylic acid groups (broad SMARTS) is 1. The Morgan fingerprint density at radius 3 is 2.93 bits per heavy atom. The summed E-state index contributed by atoms with van der Waals surface area (Å²) < 4.78 is 4.81. The van der Waals surface area contributed by atoms with E-state index in [4.69, 9.17) is 9.52 Å². The van der Waals surface area contributed by atoms with Crippen LogP contribution < -0.4 is 10.7 Å². The Labute approximate surface area is 83.7 Å². The van der Waals surface area contributed by atoms with Crippen molar-refractivity contribution in [3.63, 3.8) is 0 Å². The molecule has 0 atom stereocenters. The van der Waals surface area contributed by atoms with E-state index in [9.17, 15) is 9.59 Å². The van der Waals surface area contributed by atoms with E-state index < -0.39 is 11.8 Å². The van der Waals surface area contributed by atoms with Gasteiger partial charge >= 0.3 is 11.8 Å². The molecule has 0 saturated heterocycles. The molecule has 2 N–H and O–H groups in total. The number of nitrogens with zero attached hydrogens (tertiary/aromatic N) is 1. The van der Waals surface area contributed by atoms with Crippen LogP contribution in [0, 0.1) is 0 Å². The molecule has 0 aliphatic carbocycles. The molecule has 0 unspecified atom stereocenters. The van der Waals surface area contributed by atoms with Crippen LogP contribution in [0.4, 0.5) is 10.5 Å². The lowest BCUT2D eigenvalue weighted by molar-refractivity contribution is 0.203. The summed E-state index contributed by atoms with van der Waals surface area (Å²) in [6, 6.07) is 4.66. The van der Waals surface area contributed by atoms with Gasteiger partial charge in [0.2, 0.25) is 0 Å². The number of amides is 1. The van der Waals surface area contributed by atoms with E-state index in [1.54, 1.807) is 12.1 Å². The zero-order valence-corrected chi connectivity index (χ0v) is 7.85. The van der Waals surface area contributed by atoms with Gasteiger partial charge < -0.3 is 9.52 Å². The van der Waals surface area contributed by atoms with Crippen molar-refractivity contribution in [2.75, 3.05) is 11.9 Å². The minimum absolute atomic E-state index is 0.339. The Morgan fingerprint density at radius 2 is 2.27 bits per heavy atom. The van der Waals surface area contributed by atoms with Crippen LogP contribution in [0.15, 0.2) is 27.4 Å². The Morgan fingerprint density at radius 1 is 1.53 bits per heavy atom. The second-order valence-corrected chi connectivity index (χ2v) is 3.04. The first-order chi connectivity index (χ1) is 7.08. The van der Waals surface area contributed by atoms with Crippen LogP contribution >= 0.6 is 0 Å². The van der Waals surface area contributed by atoms with Crippen LogP contribution in [-0.2, 0) is 0 Å². The van der Waals surface area contributed by atoms with Gasteiger partial charge in [-0.1, -0.05) is 0 Å². The van der Waals surface area contributed by atoms with Crippen molar-refractivity contribution in [3.8, 4) is 0 Å². The van der Waals surface area contributed by atoms with E-state index in [1.165, 1.54) is 13.1 Å². The smallest absolute Gasteiger partial charge is 0.417 e. The van der Waals surface area contributed by atoms with Gasteiger partial charge in [-0.25, -0.2) is 9.59 Å². The molecule has 0 spiro atoms. The molecule has 0 saturated carbocycles. The minimum Gasteiger partial charge on any atom is -0.465 e. The summed E-state index contributed by atoms with van der Waals surface area (Å²) in [6.07, 6.45) is -1.08. The minimum atomic E-state index is -1.08. The van der Waals surface area contributed by atoms with E-state index in [0.717, 1.165) is 4.90 Å². The zero-order chi connectivity index (χ0) is 11.0. The van der Waals surface area contributed by atoms with Gasteiger partial charge in [-0.3, -0.25) is 9.88 Å². The topological polar surface area (TPSA) is 86.5 Å². The van der Waals surface area contributed by atoms with Crippen molar-refractivity contribution in [3.05, 3.63) is 28.7 Å². The number of H-pyrrole nitrogens is 1. The van der Waals surface area contributed by atoms with Crippen LogP contribution in [-0.4, -0.2) is 23.2 Å². The Balaban J connectivity index is 2.55. The summed E-state index contributed by atoms with van der Waals surface area (Å²) in [7, 11) is 1.41. The number of benzene rings is 1. The standard InChI is InChI=1S/C9H8N2O4/c1-11(9(13)14)5-2-3-6-7(4-5)15-8(12)10-6/h2-4H,1H3,(H,10,12)(H,13,14). The predicted molar refractivity (Wildman–Crippen MR) is 53.3 cm³/mol. The van der Waals surface area contributed by atoms with E-state index >= 15 is 0 Å². The molecule has 0 radical (unpaired) electrons. The number of fused-ring (bicyclic) bond motifs is 1. The number of rotatable bonds is 1. The fourth-order valence-corrected chi connectivity index (χ4v) is 1.25. The molecule has 6 nitrogen and oxygen atoms in total. The molecule has 2 rings (SSSR count). The van der Waals surface area contributed by atoms with Crippen LogP contribution in [0.5, 0.6) is 0 Å². The molecule has 6 heteroatoms. The van der Waals surface area contributed by atoms with Crippen molar-refractivity contribution >= 4 is 22.9 Å². The third-order valence-corrected chi connectivity index (χ3v) is 2.08. The third kappa shape index (κ3) is 1.56. The number of anilines is 1. The number of nitrogens with one attached hydrogen (secondary N) is 1. The number of hydrogen-bond acceptors (Lipinski definition) is 3. The summed E-state index contributed by atoms with van der Waals surface area (Å²) >= 11 is 0. The summed E-state index contributed by atoms with van der Waals surface area (Å²) in [5.74, 6) is -0.555. The largest absolute Gasteiger partial charge is 0.465 e. The first-order valence-electron chi connectivity index (χ1n) is 4.17. The van der Waals surface area contributed by atoms with E-state index in [-0.39, 0.29) is 0 Å². The van der Waals surface area contributed by atoms with Crippen LogP contribution in [0.1, 0.15) is 0 Å². The zero-order valence-electron chi connectivity index (χ0n) is 7.85. The molecule has 2 aromatic rings. The average Bonchev–Trinajstić information content (AvgIpc) is 2.55. The molecular weight excluding hydrogens is 200 g/mol. The number of aromatic nitrogens is 1. The van der Waals surface area contributed by atoms with E-state index in [2.05, 4.69) is 4.98 Å². The van der Waals surface area contributed by atoms with Crippen molar-refractivity contribution < 1.29 is 14.3 Å². The molecule has 15 heavy (non-hydrogen) atoms. The van der Waals surface area contributed by atoms with E-state index in [0.29, 0.717) is 16.8 Å². The molecule has 0 bridgehead atoms. The highest BCUT2D eigenvalue weighted by atomic mass is 16.4. The molecule has 1 amide bonds. The lowest BCUT2D eigenvalue weighted by Crippen LogP contribution is -2.23. The summed E-state index contributed by atoms with van der Waals surface area (Å²) in [4.78, 5) is 25.0. The first-order valence-corrected chi connectivity index (χ1v) is 4.17. The highest BCUT2D eigenvalue weighted by Crippen LogP contribution is 2.19. The molecule has 0 aliphatic heterocycles. The van der Waals surface area contributed by atoms with Gasteiger partial charge in [-0.05, 0) is 12.1 Å². The van der Waals surface area contributed by atoms with Crippen molar-refractivity contribution in [1.82, 2.24) is 4.98 Å². The Bertz CT molecular complexity index is 569. The van der Waals surface area contributed by atoms with Crippen molar-refractivity contribution in [1.29, 1.82) is 0 Å². The number of aromatic amines is 1. The molecule has 1 aromatic heterocycles. The highest BCUT2D eigenvalue weighted by molar-refractivity contribution is 5.88. The normalized spacial score (nSPS) is 10.5. The quantitative estimate of drug-likeness (QED) is 0.737. The second kappa shape index (κ2) is 3.16. The maximum absolute atomic E-state index is 10.9. The van der Waals surface area contributed by atoms with Gasteiger partial charge in [0.15, 0.2) is 5.58 Å². The van der Waals surface area contributed by atoms with Crippen molar-refractivity contribution in [2.24, 2.45) is 0 Å². The van der Waals surface area contributed by atoms with Gasteiger partial charge in [0.05, 0.1) is 11.2 Å². The maximum atomic E-state index is 10.9. The summed E-state index contributed by atoms with van der Waals surface area (Å²) in [5, 5.41) is 8.74. The molecule has 78 valence electrons. The van der Waals surface area contributed by atoms with Crippen LogP contribution in [0.25, 0.3) is 11.1 Å². The second-order valence-electron chi connectivity index (χ2n) is 3.04. The fraction of sp³-hybridized carbons (Fsp3) is 0.111. The lowest BCUT2D eigenvalue weighted by atomic mass is 10.3. The maximum Gasteiger partial charge on any atom is 0.417 e. The molecule has 1 aromatic carbocycles. The summed E-state index contributed by atoms with van der Waals surface area (Å²) in [6.45, 7) is 0. The Kier molecular flexibility index (Phi) is 1.96. The van der Waals surface area contributed by atoms with Gasteiger partial charge in [0.25, 0.3) is 0 Å². The average molecular weight is 208 g/mol. The SMILES string of the molecule is CN(C(=O)O)c1ccc2[nH]c(=O)oc2c1. The molecule has 1 heterocycles. The number of hydrogen-bond donors (Lipinski definition) is 2. The van der Waals surface area contributed by atoms with Gasteiger partial charge in [-0.15, -0.1) is 0 Å². The Hall–Kier alpha value is -2.24. The van der Waals surface area contributed by atoms with Gasteiger partial charge in [0.1, 0.15) is 0 Å². The number of carbonyl (C=O) groups is 1. The predicted octanol–water partition coefficient (Wildman–Crippen LogP) is 1.24. The highest BCUT2D eigenvalue weighted by Gasteiger charge is 2.10. The van der Waals surface area contributed by atoms with Crippen molar-refractivity contribution in [2.45, 2.75) is 0 Å². The third-order valence-electron chi connectivity index (χ3n) is 2.08. The molecule has 0 fully saturated rings. The van der Waals surface area contributed by atoms with Crippen LogP contribution in [0.2, 0.25) is 0 Å². The van der Waals surface area contributed by atoms with Gasteiger partial charge in [0, 0.05) is 13.1 Å². The van der Waals surface area contributed by atoms with Crippen LogP contribution in [0.3, 0.4) is 0 Å². The fourth-order valence-electron chi connectivity index (χ4n) is 1.25. The first kappa shape index (κ1) is 9.32. The molecular formula is C9H8N2O4. The van der Waals surface area contributed by atoms with Gasteiger partial charge in [-0.2, -0.15) is 0 Å². The molecule has 0 aliphatic rings.